The van der Waals surface area contributed by atoms with E-state index in [-0.39, 0.29) is 35.7 Å². The summed E-state index contributed by atoms with van der Waals surface area (Å²) in [6.45, 7) is 8.58. The monoisotopic (exact) mass is 740 g/mol. The van der Waals surface area contributed by atoms with Gasteiger partial charge in [0, 0.05) is 49.9 Å². The summed E-state index contributed by atoms with van der Waals surface area (Å²) in [4.78, 5) is 80.5. The second-order valence-electron chi connectivity index (χ2n) is 14.5. The Labute approximate surface area is 313 Å². The SMILES string of the molecule is COC(=O)N[C@H](C(=O)N1CCC[C@H]1c1ncc(-c2ccc(-c3ncc(-c4c[nH]c([C@@H]5CCCN5C(=O)[C@H](C(C)C)N(C)C(=O)O)n4)cn3)cc2)[nH]1)C(C)C. The van der Waals surface area contributed by atoms with Crippen LogP contribution in [-0.2, 0) is 14.3 Å². The van der Waals surface area contributed by atoms with Gasteiger partial charge in [-0.05, 0) is 43.1 Å². The van der Waals surface area contributed by atoms with Crippen LogP contribution < -0.4 is 5.32 Å². The molecular formula is C38H48N10O6. The molecule has 0 radical (unpaired) electrons. The number of aromatic amines is 2. The van der Waals surface area contributed by atoms with E-state index in [4.69, 9.17) is 9.72 Å². The van der Waals surface area contributed by atoms with Crippen molar-refractivity contribution < 1.29 is 29.0 Å². The average molecular weight is 741 g/mol. The van der Waals surface area contributed by atoms with E-state index >= 15 is 0 Å². The zero-order valence-electron chi connectivity index (χ0n) is 31.4. The van der Waals surface area contributed by atoms with Gasteiger partial charge in [-0.1, -0.05) is 52.0 Å². The zero-order valence-corrected chi connectivity index (χ0v) is 31.4. The van der Waals surface area contributed by atoms with E-state index < -0.39 is 24.3 Å². The Morgan fingerprint density at radius 2 is 1.46 bits per heavy atom. The van der Waals surface area contributed by atoms with E-state index in [1.807, 2.05) is 52.0 Å². The molecule has 0 bridgehead atoms. The van der Waals surface area contributed by atoms with Gasteiger partial charge < -0.3 is 34.9 Å². The van der Waals surface area contributed by atoms with E-state index in [1.54, 1.807) is 34.6 Å². The summed E-state index contributed by atoms with van der Waals surface area (Å²) < 4.78 is 4.74. The highest BCUT2D eigenvalue weighted by atomic mass is 16.5. The third-order valence-corrected chi connectivity index (χ3v) is 10.3. The first-order valence-corrected chi connectivity index (χ1v) is 18.3. The van der Waals surface area contributed by atoms with Crippen LogP contribution in [0, 0.1) is 11.8 Å². The summed E-state index contributed by atoms with van der Waals surface area (Å²) in [5.74, 6) is 1.19. The van der Waals surface area contributed by atoms with Crippen LogP contribution in [0.3, 0.4) is 0 Å². The number of nitrogens with zero attached hydrogens (tertiary/aromatic N) is 7. The van der Waals surface area contributed by atoms with Crippen LogP contribution in [0.15, 0.2) is 49.1 Å². The Morgan fingerprint density at radius 3 is 2.06 bits per heavy atom. The van der Waals surface area contributed by atoms with Crippen LogP contribution in [0.4, 0.5) is 9.59 Å². The molecule has 4 N–H and O–H groups in total. The van der Waals surface area contributed by atoms with Crippen molar-refractivity contribution in [3.05, 3.63) is 60.7 Å². The van der Waals surface area contributed by atoms with Crippen molar-refractivity contribution in [1.82, 2.24) is 49.9 Å². The molecular weight excluding hydrogens is 692 g/mol. The molecule has 0 saturated carbocycles. The fourth-order valence-corrected chi connectivity index (χ4v) is 7.41. The van der Waals surface area contributed by atoms with Gasteiger partial charge in [-0.3, -0.25) is 14.5 Å². The fourth-order valence-electron chi connectivity index (χ4n) is 7.41. The number of nitrogens with one attached hydrogen (secondary N) is 3. The van der Waals surface area contributed by atoms with Crippen LogP contribution in [0.1, 0.15) is 77.1 Å². The molecule has 16 heteroatoms. The predicted molar refractivity (Wildman–Crippen MR) is 199 cm³/mol. The molecule has 4 amide bonds. The minimum Gasteiger partial charge on any atom is -0.465 e. The van der Waals surface area contributed by atoms with Gasteiger partial charge in [-0.25, -0.2) is 29.5 Å². The molecule has 2 saturated heterocycles. The number of rotatable bonds is 11. The number of hydrogen-bond donors (Lipinski definition) is 4. The fraction of sp³-hybridized carbons (Fsp3) is 0.474. The second kappa shape index (κ2) is 16.1. The predicted octanol–water partition coefficient (Wildman–Crippen LogP) is 5.27. The lowest BCUT2D eigenvalue weighted by molar-refractivity contribution is -0.138. The number of likely N-dealkylation sites (N-methyl/N-ethyl adjacent to an activating group) is 1. The molecule has 1 aromatic carbocycles. The van der Waals surface area contributed by atoms with Gasteiger partial charge in [-0.15, -0.1) is 0 Å². The van der Waals surface area contributed by atoms with Crippen LogP contribution in [-0.4, -0.2) is 113 Å². The number of hydrogen-bond acceptors (Lipinski definition) is 9. The number of alkyl carbamates (subject to hydrolysis) is 1. The first kappa shape index (κ1) is 37.9. The van der Waals surface area contributed by atoms with E-state index in [9.17, 15) is 24.3 Å². The Bertz CT molecular complexity index is 1960. The van der Waals surface area contributed by atoms with Gasteiger partial charge in [-0.2, -0.15) is 0 Å². The topological polar surface area (TPSA) is 203 Å². The first-order chi connectivity index (χ1) is 25.9. The van der Waals surface area contributed by atoms with Crippen molar-refractivity contribution in [2.75, 3.05) is 27.2 Å². The van der Waals surface area contributed by atoms with Crippen LogP contribution >= 0.6 is 0 Å². The van der Waals surface area contributed by atoms with Crippen molar-refractivity contribution >= 4 is 24.0 Å². The molecule has 2 aliphatic rings. The molecule has 0 unspecified atom stereocenters. The zero-order chi connectivity index (χ0) is 38.7. The maximum Gasteiger partial charge on any atom is 0.407 e. The van der Waals surface area contributed by atoms with Crippen molar-refractivity contribution in [3.8, 4) is 33.9 Å². The maximum absolute atomic E-state index is 13.6. The molecule has 4 aromatic rings. The van der Waals surface area contributed by atoms with Crippen molar-refractivity contribution in [1.29, 1.82) is 0 Å². The lowest BCUT2D eigenvalue weighted by atomic mass is 10.0. The molecule has 3 aromatic heterocycles. The minimum absolute atomic E-state index is 0.117. The highest BCUT2D eigenvalue weighted by Gasteiger charge is 2.40. The molecule has 0 spiro atoms. The molecule has 5 heterocycles. The number of amides is 4. The molecule has 6 rings (SSSR count). The molecule has 0 aliphatic carbocycles. The molecule has 54 heavy (non-hydrogen) atoms. The molecule has 2 fully saturated rings. The standard InChI is InChI=1S/C38H48N10O6/c1-21(2)30(45-37(51)54-6)35(49)47-15-7-9-28(47)33-41-19-26(43-33)23-11-13-24(14-12-23)32-39-17-25(18-40-32)27-20-42-34(44-27)29-10-8-16-48(29)36(50)31(22(3)4)46(5)38(52)53/h11-14,17-22,28-31H,7-10,15-16H2,1-6H3,(H,41,43)(H,42,44)(H,45,51)(H,52,53)/t28-,29-,30-,31-/m0/s1. The highest BCUT2D eigenvalue weighted by Crippen LogP contribution is 2.35. The summed E-state index contributed by atoms with van der Waals surface area (Å²) in [6, 6.07) is 5.79. The molecule has 2 aliphatic heterocycles. The van der Waals surface area contributed by atoms with Crippen molar-refractivity contribution in [3.63, 3.8) is 0 Å². The molecule has 286 valence electrons. The average Bonchev–Trinajstić information content (AvgIpc) is 4.00. The van der Waals surface area contributed by atoms with Gasteiger partial charge in [0.05, 0.1) is 36.8 Å². The smallest absolute Gasteiger partial charge is 0.407 e. The number of imidazole rings is 2. The summed E-state index contributed by atoms with van der Waals surface area (Å²) in [5.41, 5.74) is 3.90. The number of H-pyrrole nitrogens is 2. The number of benzene rings is 1. The Kier molecular flexibility index (Phi) is 11.3. The van der Waals surface area contributed by atoms with Gasteiger partial charge in [0.15, 0.2) is 5.82 Å². The van der Waals surface area contributed by atoms with Gasteiger partial charge in [0.2, 0.25) is 11.8 Å². The number of methoxy groups -OCH3 is 1. The highest BCUT2D eigenvalue weighted by molar-refractivity contribution is 5.87. The second-order valence-corrected chi connectivity index (χ2v) is 14.5. The quantitative estimate of drug-likeness (QED) is 0.157. The summed E-state index contributed by atoms with van der Waals surface area (Å²) in [6.07, 6.45) is 8.29. The number of ether oxygens (including phenoxy) is 1. The Morgan fingerprint density at radius 1 is 0.852 bits per heavy atom. The van der Waals surface area contributed by atoms with Crippen molar-refractivity contribution in [2.45, 2.75) is 77.5 Å². The van der Waals surface area contributed by atoms with E-state index in [1.165, 1.54) is 14.2 Å². The minimum atomic E-state index is -1.14. The maximum atomic E-state index is 13.6. The van der Waals surface area contributed by atoms with E-state index in [2.05, 4.69) is 30.2 Å². The Balaban J connectivity index is 1.11. The number of carbonyl (C=O) groups excluding carboxylic acids is 3. The first-order valence-electron chi connectivity index (χ1n) is 18.3. The Hall–Kier alpha value is -5.80. The largest absolute Gasteiger partial charge is 0.465 e. The number of likely N-dealkylation sites (tertiary alicyclic amines) is 2. The van der Waals surface area contributed by atoms with Gasteiger partial charge in [0.1, 0.15) is 23.7 Å². The van der Waals surface area contributed by atoms with Gasteiger partial charge >= 0.3 is 12.2 Å². The number of aromatic nitrogens is 6. The summed E-state index contributed by atoms with van der Waals surface area (Å²) in [5, 5.41) is 12.2. The van der Waals surface area contributed by atoms with E-state index in [0.717, 1.165) is 47.4 Å². The third-order valence-electron chi connectivity index (χ3n) is 10.3. The van der Waals surface area contributed by atoms with Gasteiger partial charge in [0.25, 0.3) is 0 Å². The number of carboxylic acid groups (broad SMARTS) is 1. The van der Waals surface area contributed by atoms with Crippen molar-refractivity contribution in [2.24, 2.45) is 11.8 Å². The summed E-state index contributed by atoms with van der Waals surface area (Å²) >= 11 is 0. The lowest BCUT2D eigenvalue weighted by Gasteiger charge is -2.33. The van der Waals surface area contributed by atoms with E-state index in [0.29, 0.717) is 41.8 Å². The molecule has 16 nitrogen and oxygen atoms in total. The van der Waals surface area contributed by atoms with Crippen LogP contribution in [0.25, 0.3) is 33.9 Å². The lowest BCUT2D eigenvalue weighted by Crippen LogP contribution is -2.51. The third kappa shape index (κ3) is 7.77. The number of carbonyl (C=O) groups is 4. The normalized spacial score (nSPS) is 18.2. The summed E-state index contributed by atoms with van der Waals surface area (Å²) in [7, 11) is 2.71. The van der Waals surface area contributed by atoms with Crippen LogP contribution in [0.5, 0.6) is 0 Å². The van der Waals surface area contributed by atoms with Crippen LogP contribution in [0.2, 0.25) is 0 Å². The molecule has 4 atom stereocenters.